The van der Waals surface area contributed by atoms with Crippen LogP contribution in [0, 0.1) is 5.92 Å². The van der Waals surface area contributed by atoms with Gasteiger partial charge >= 0.3 is 5.97 Å². The molecule has 0 bridgehead atoms. The predicted molar refractivity (Wildman–Crippen MR) is 93.5 cm³/mol. The molecule has 0 aliphatic rings. The highest BCUT2D eigenvalue weighted by Gasteiger charge is 2.14. The Morgan fingerprint density at radius 2 is 1.26 bits per heavy atom. The molecule has 1 atom stereocenters. The van der Waals surface area contributed by atoms with Crippen molar-refractivity contribution < 1.29 is 19.8 Å². The maximum Gasteiger partial charge on any atom is 0.308 e. The van der Waals surface area contributed by atoms with Crippen LogP contribution in [0.4, 0.5) is 0 Å². The highest BCUT2D eigenvalue weighted by atomic mass is 16.4. The Kier molecular flexibility index (Phi) is 15.4. The Morgan fingerprint density at radius 3 is 1.74 bits per heavy atom. The Balaban J connectivity index is 3.30. The fraction of sp³-hybridized carbons (Fsp3) is 0.895. The largest absolute Gasteiger partial charge is 0.481 e. The summed E-state index contributed by atoms with van der Waals surface area (Å²) in [6, 6.07) is 0. The van der Waals surface area contributed by atoms with Crippen LogP contribution in [-0.4, -0.2) is 28.6 Å². The zero-order chi connectivity index (χ0) is 17.3. The van der Waals surface area contributed by atoms with E-state index in [1.807, 2.05) is 0 Å². The fourth-order valence-corrected chi connectivity index (χ4v) is 2.76. The van der Waals surface area contributed by atoms with Crippen LogP contribution in [0.1, 0.15) is 96.8 Å². The fourth-order valence-electron chi connectivity index (χ4n) is 2.76. The van der Waals surface area contributed by atoms with Crippen LogP contribution in [0.5, 0.6) is 0 Å². The molecule has 0 saturated heterocycles. The molecule has 0 radical (unpaired) electrons. The highest BCUT2D eigenvalue weighted by Crippen LogP contribution is 2.14. The number of ketones is 1. The van der Waals surface area contributed by atoms with Crippen LogP contribution >= 0.6 is 0 Å². The maximum absolute atomic E-state index is 11.7. The molecule has 0 aromatic rings. The summed E-state index contributed by atoms with van der Waals surface area (Å²) in [6.45, 7) is 1.92. The molecule has 0 aromatic carbocycles. The predicted octanol–water partition coefficient (Wildman–Crippen LogP) is 4.73. The molecular formula is C19H36O4. The van der Waals surface area contributed by atoms with Crippen LogP contribution < -0.4 is 0 Å². The monoisotopic (exact) mass is 328 g/mol. The van der Waals surface area contributed by atoms with Gasteiger partial charge in [0.2, 0.25) is 0 Å². The second-order valence-corrected chi connectivity index (χ2v) is 6.58. The smallest absolute Gasteiger partial charge is 0.308 e. The van der Waals surface area contributed by atoms with Gasteiger partial charge in [0.1, 0.15) is 5.78 Å². The van der Waals surface area contributed by atoms with E-state index in [9.17, 15) is 9.59 Å². The summed E-state index contributed by atoms with van der Waals surface area (Å²) in [5.41, 5.74) is 0. The van der Waals surface area contributed by atoms with Gasteiger partial charge in [-0.25, -0.2) is 0 Å². The zero-order valence-electron chi connectivity index (χ0n) is 14.9. The Hall–Kier alpha value is -0.900. The van der Waals surface area contributed by atoms with Gasteiger partial charge in [0.05, 0.1) is 12.5 Å². The number of carbonyl (C=O) groups excluding carboxylic acids is 1. The van der Waals surface area contributed by atoms with Gasteiger partial charge in [-0.15, -0.1) is 0 Å². The normalized spacial score (nSPS) is 12.3. The number of carboxylic acids is 1. The van der Waals surface area contributed by atoms with Crippen LogP contribution in [0.25, 0.3) is 0 Å². The second-order valence-electron chi connectivity index (χ2n) is 6.58. The van der Waals surface area contributed by atoms with Crippen molar-refractivity contribution in [2.75, 3.05) is 6.61 Å². The van der Waals surface area contributed by atoms with Gasteiger partial charge in [0, 0.05) is 12.8 Å². The molecule has 4 nitrogen and oxygen atoms in total. The number of hydrogen-bond acceptors (Lipinski definition) is 3. The van der Waals surface area contributed by atoms with Crippen molar-refractivity contribution in [3.05, 3.63) is 0 Å². The van der Waals surface area contributed by atoms with E-state index in [-0.39, 0.29) is 6.61 Å². The van der Waals surface area contributed by atoms with Crippen molar-refractivity contribution in [1.82, 2.24) is 0 Å². The first-order chi connectivity index (χ1) is 11.1. The molecule has 0 saturated carbocycles. The minimum atomic E-state index is -0.896. The first-order valence-corrected chi connectivity index (χ1v) is 9.47. The van der Waals surface area contributed by atoms with Gasteiger partial charge in [0.25, 0.3) is 0 Å². The molecule has 0 aromatic heterocycles. The van der Waals surface area contributed by atoms with Gasteiger partial charge in [-0.3, -0.25) is 9.59 Å². The summed E-state index contributed by atoms with van der Waals surface area (Å²) < 4.78 is 0. The lowest BCUT2D eigenvalue weighted by molar-refractivity contribution is -0.143. The number of rotatable bonds is 17. The molecule has 4 heteroatoms. The summed E-state index contributed by atoms with van der Waals surface area (Å²) in [5.74, 6) is -1.07. The first kappa shape index (κ1) is 22.1. The van der Waals surface area contributed by atoms with E-state index in [1.54, 1.807) is 0 Å². The average Bonchev–Trinajstić information content (AvgIpc) is 2.53. The van der Waals surface area contributed by atoms with Crippen LogP contribution in [0.3, 0.4) is 0 Å². The second kappa shape index (κ2) is 16.0. The molecule has 0 heterocycles. The Labute approximate surface area is 141 Å². The lowest BCUT2D eigenvalue weighted by atomic mass is 10.0. The molecule has 0 unspecified atom stereocenters. The van der Waals surface area contributed by atoms with Crippen molar-refractivity contribution in [1.29, 1.82) is 0 Å². The first-order valence-electron chi connectivity index (χ1n) is 9.47. The van der Waals surface area contributed by atoms with Crippen molar-refractivity contribution in [2.45, 2.75) is 96.8 Å². The van der Waals surface area contributed by atoms with E-state index in [0.29, 0.717) is 12.2 Å². The van der Waals surface area contributed by atoms with E-state index in [4.69, 9.17) is 10.2 Å². The summed E-state index contributed by atoms with van der Waals surface area (Å²) in [7, 11) is 0. The summed E-state index contributed by atoms with van der Waals surface area (Å²) in [4.78, 5) is 22.4. The minimum Gasteiger partial charge on any atom is -0.481 e. The summed E-state index contributed by atoms with van der Waals surface area (Å²) in [5, 5.41) is 17.7. The van der Waals surface area contributed by atoms with Gasteiger partial charge in [0.15, 0.2) is 0 Å². The molecule has 0 rings (SSSR count). The molecule has 0 fully saturated rings. The number of carboxylic acid groups (broad SMARTS) is 1. The van der Waals surface area contributed by atoms with E-state index in [1.165, 1.54) is 19.3 Å². The summed E-state index contributed by atoms with van der Waals surface area (Å²) >= 11 is 0. The number of aliphatic hydroxyl groups excluding tert-OH is 1. The SMILES string of the molecule is CCCCCCC(=O)CCCCCCCCC[C@H](CO)C(=O)O. The van der Waals surface area contributed by atoms with Gasteiger partial charge < -0.3 is 10.2 Å². The zero-order valence-corrected chi connectivity index (χ0v) is 14.9. The van der Waals surface area contributed by atoms with Gasteiger partial charge in [-0.2, -0.15) is 0 Å². The maximum atomic E-state index is 11.7. The molecule has 0 spiro atoms. The number of carbonyl (C=O) groups is 2. The third kappa shape index (κ3) is 14.4. The van der Waals surface area contributed by atoms with E-state index in [0.717, 1.165) is 64.2 Å². The van der Waals surface area contributed by atoms with Gasteiger partial charge in [-0.05, 0) is 19.3 Å². The number of aliphatic carboxylic acids is 1. The third-order valence-corrected chi connectivity index (χ3v) is 4.39. The van der Waals surface area contributed by atoms with Crippen LogP contribution in [0.2, 0.25) is 0 Å². The van der Waals surface area contributed by atoms with Crippen molar-refractivity contribution >= 4 is 11.8 Å². The number of Topliss-reactive ketones (excluding diaryl/α,β-unsaturated/α-hetero) is 1. The quantitative estimate of drug-likeness (QED) is 0.378. The van der Waals surface area contributed by atoms with E-state index in [2.05, 4.69) is 6.92 Å². The molecule has 136 valence electrons. The third-order valence-electron chi connectivity index (χ3n) is 4.39. The minimum absolute atomic E-state index is 0.262. The molecule has 0 aliphatic heterocycles. The standard InChI is InChI=1S/C19H36O4/c1-2-3-4-11-14-18(21)15-12-9-7-5-6-8-10-13-17(16-20)19(22)23/h17,20H,2-16H2,1H3,(H,22,23)/t17-/m1/s1. The van der Waals surface area contributed by atoms with E-state index < -0.39 is 11.9 Å². The Bertz CT molecular complexity index is 302. The molecular weight excluding hydrogens is 292 g/mol. The van der Waals surface area contributed by atoms with Crippen molar-refractivity contribution in [2.24, 2.45) is 5.92 Å². The summed E-state index contributed by atoms with van der Waals surface area (Å²) in [6.07, 6.45) is 14.2. The van der Waals surface area contributed by atoms with Gasteiger partial charge in [-0.1, -0.05) is 64.7 Å². The topological polar surface area (TPSA) is 74.6 Å². The highest BCUT2D eigenvalue weighted by molar-refractivity contribution is 5.78. The lowest BCUT2D eigenvalue weighted by Gasteiger charge is -2.08. The average molecular weight is 328 g/mol. The molecule has 2 N–H and O–H groups in total. The number of aliphatic hydroxyl groups is 1. The van der Waals surface area contributed by atoms with E-state index >= 15 is 0 Å². The van der Waals surface area contributed by atoms with Crippen molar-refractivity contribution in [3.63, 3.8) is 0 Å². The lowest BCUT2D eigenvalue weighted by Crippen LogP contribution is -2.17. The van der Waals surface area contributed by atoms with Crippen molar-refractivity contribution in [3.8, 4) is 0 Å². The molecule has 0 amide bonds. The molecule has 0 aliphatic carbocycles. The number of hydrogen-bond donors (Lipinski definition) is 2. The number of unbranched alkanes of at least 4 members (excludes halogenated alkanes) is 9. The van der Waals surface area contributed by atoms with Crippen LogP contribution in [0.15, 0.2) is 0 Å². The molecule has 23 heavy (non-hydrogen) atoms. The Morgan fingerprint density at radius 1 is 0.783 bits per heavy atom. The van der Waals surface area contributed by atoms with Crippen LogP contribution in [-0.2, 0) is 9.59 Å².